The number of aromatic nitrogens is 1. The number of amides is 1. The van der Waals surface area contributed by atoms with Crippen molar-refractivity contribution in [2.24, 2.45) is 5.92 Å². The summed E-state index contributed by atoms with van der Waals surface area (Å²) >= 11 is 3.41. The van der Waals surface area contributed by atoms with Gasteiger partial charge in [-0.2, -0.15) is 13.2 Å². The average Bonchev–Trinajstić information content (AvgIpc) is 3.33. The molecule has 0 spiro atoms. The molecule has 3 unspecified atom stereocenters. The van der Waals surface area contributed by atoms with E-state index in [4.69, 9.17) is 0 Å². The summed E-state index contributed by atoms with van der Waals surface area (Å²) in [6, 6.07) is 9.05. The van der Waals surface area contributed by atoms with Crippen molar-refractivity contribution >= 4 is 27.5 Å². The van der Waals surface area contributed by atoms with Crippen LogP contribution in [0.2, 0.25) is 0 Å². The van der Waals surface area contributed by atoms with E-state index in [1.807, 2.05) is 29.2 Å². The van der Waals surface area contributed by atoms with Crippen LogP contribution >= 0.6 is 15.9 Å². The van der Waals surface area contributed by atoms with Crippen molar-refractivity contribution in [2.75, 3.05) is 18.0 Å². The van der Waals surface area contributed by atoms with Crippen molar-refractivity contribution < 1.29 is 18.0 Å². The van der Waals surface area contributed by atoms with Gasteiger partial charge in [0.1, 0.15) is 0 Å². The Morgan fingerprint density at radius 1 is 1.21 bits per heavy atom. The van der Waals surface area contributed by atoms with Crippen LogP contribution in [0, 0.1) is 5.92 Å². The number of benzene rings is 1. The van der Waals surface area contributed by atoms with Crippen LogP contribution in [0.5, 0.6) is 0 Å². The van der Waals surface area contributed by atoms with Gasteiger partial charge in [-0.05, 0) is 42.5 Å². The first-order valence-corrected chi connectivity index (χ1v) is 9.93. The number of carbonyl (C=O) groups is 1. The Balaban J connectivity index is 1.33. The monoisotopic (exact) mass is 453 g/mol. The summed E-state index contributed by atoms with van der Waals surface area (Å²) in [6.07, 6.45) is -0.610. The molecule has 1 aliphatic carbocycles. The minimum absolute atomic E-state index is 0.0227. The van der Waals surface area contributed by atoms with Gasteiger partial charge in [-0.3, -0.25) is 9.78 Å². The van der Waals surface area contributed by atoms with E-state index >= 15 is 0 Å². The van der Waals surface area contributed by atoms with E-state index in [1.54, 1.807) is 0 Å². The normalized spacial score (nSPS) is 24.3. The predicted molar refractivity (Wildman–Crippen MR) is 103 cm³/mol. The minimum Gasteiger partial charge on any atom is -0.368 e. The average molecular weight is 454 g/mol. The van der Waals surface area contributed by atoms with Gasteiger partial charge in [0.05, 0.1) is 17.4 Å². The molecule has 0 radical (unpaired) electrons. The van der Waals surface area contributed by atoms with Gasteiger partial charge in [-0.15, -0.1) is 0 Å². The van der Waals surface area contributed by atoms with Crippen molar-refractivity contribution in [3.05, 3.63) is 58.3 Å². The first kappa shape index (κ1) is 19.2. The molecular weight excluding hydrogens is 435 g/mol. The maximum Gasteiger partial charge on any atom is 0.417 e. The second-order valence-corrected chi connectivity index (χ2v) is 8.29. The van der Waals surface area contributed by atoms with Crippen molar-refractivity contribution in [3.63, 3.8) is 0 Å². The van der Waals surface area contributed by atoms with Gasteiger partial charge < -0.3 is 10.2 Å². The number of hydrogen-bond acceptors (Lipinski definition) is 3. The van der Waals surface area contributed by atoms with Crippen LogP contribution in [0.3, 0.4) is 0 Å². The summed E-state index contributed by atoms with van der Waals surface area (Å²) in [5, 5.41) is 3.06. The van der Waals surface area contributed by atoms with Gasteiger partial charge >= 0.3 is 6.18 Å². The molecule has 1 aliphatic heterocycles. The topological polar surface area (TPSA) is 45.2 Å². The van der Waals surface area contributed by atoms with E-state index in [-0.39, 0.29) is 23.8 Å². The molecule has 0 bridgehead atoms. The fourth-order valence-corrected chi connectivity index (χ4v) is 4.00. The Bertz CT molecular complexity index is 872. The molecule has 1 saturated heterocycles. The first-order chi connectivity index (χ1) is 13.3. The molecule has 28 heavy (non-hydrogen) atoms. The van der Waals surface area contributed by atoms with Crippen LogP contribution < -0.4 is 10.2 Å². The van der Waals surface area contributed by atoms with Gasteiger partial charge in [-0.1, -0.05) is 28.1 Å². The maximum absolute atomic E-state index is 12.9. The fraction of sp³-hybridized carbons (Fsp3) is 0.400. The Kier molecular flexibility index (Phi) is 5.07. The van der Waals surface area contributed by atoms with Gasteiger partial charge in [0, 0.05) is 35.7 Å². The second-order valence-electron chi connectivity index (χ2n) is 7.37. The Morgan fingerprint density at radius 3 is 2.68 bits per heavy atom. The van der Waals surface area contributed by atoms with Crippen LogP contribution in [0.4, 0.5) is 18.9 Å². The van der Waals surface area contributed by atoms with E-state index < -0.39 is 11.7 Å². The highest BCUT2D eigenvalue weighted by Gasteiger charge is 2.44. The van der Waals surface area contributed by atoms with E-state index in [0.29, 0.717) is 25.2 Å². The van der Waals surface area contributed by atoms with Crippen LogP contribution in [0.15, 0.2) is 47.2 Å². The third-order valence-corrected chi connectivity index (χ3v) is 5.90. The lowest BCUT2D eigenvalue weighted by Crippen LogP contribution is -2.38. The molecule has 4 nitrogen and oxygen atoms in total. The molecule has 4 rings (SSSR count). The Hall–Kier alpha value is -2.09. The van der Waals surface area contributed by atoms with Crippen molar-refractivity contribution in [1.29, 1.82) is 0 Å². The molecular formula is C20H19BrF3N3O. The number of anilines is 1. The summed E-state index contributed by atoms with van der Waals surface area (Å²) in [6.45, 7) is 1.08. The van der Waals surface area contributed by atoms with Gasteiger partial charge in [0.15, 0.2) is 0 Å². The number of carbonyl (C=O) groups excluding carboxylic acids is 1. The highest BCUT2D eigenvalue weighted by Crippen LogP contribution is 2.47. The molecule has 1 aromatic carbocycles. The molecule has 3 atom stereocenters. The zero-order valence-corrected chi connectivity index (χ0v) is 16.5. The SMILES string of the molecule is O=C(NC1CCN(c2cncc(C(F)(F)F)c2)C1)C1CC1c1ccc(Br)cc1. The summed E-state index contributed by atoms with van der Waals surface area (Å²) < 4.78 is 39.6. The quantitative estimate of drug-likeness (QED) is 0.747. The van der Waals surface area contributed by atoms with Crippen molar-refractivity contribution in [2.45, 2.75) is 31.0 Å². The predicted octanol–water partition coefficient (Wildman–Crippen LogP) is 4.36. The highest BCUT2D eigenvalue weighted by molar-refractivity contribution is 9.10. The van der Waals surface area contributed by atoms with Crippen LogP contribution in [0.25, 0.3) is 0 Å². The van der Waals surface area contributed by atoms with Crippen molar-refractivity contribution in [1.82, 2.24) is 10.3 Å². The molecule has 8 heteroatoms. The lowest BCUT2D eigenvalue weighted by molar-refractivity contribution is -0.137. The third kappa shape index (κ3) is 4.16. The lowest BCUT2D eigenvalue weighted by atomic mass is 10.1. The molecule has 2 fully saturated rings. The molecule has 1 N–H and O–H groups in total. The zero-order chi connectivity index (χ0) is 19.9. The van der Waals surface area contributed by atoms with E-state index in [0.717, 1.165) is 28.7 Å². The number of rotatable bonds is 4. The van der Waals surface area contributed by atoms with E-state index in [9.17, 15) is 18.0 Å². The third-order valence-electron chi connectivity index (χ3n) is 5.38. The molecule has 2 heterocycles. The van der Waals surface area contributed by atoms with Gasteiger partial charge in [0.25, 0.3) is 0 Å². The summed E-state index contributed by atoms with van der Waals surface area (Å²) in [7, 11) is 0. The Morgan fingerprint density at radius 2 is 1.96 bits per heavy atom. The van der Waals surface area contributed by atoms with Crippen LogP contribution in [-0.4, -0.2) is 30.0 Å². The Labute approximate surface area is 169 Å². The van der Waals surface area contributed by atoms with Gasteiger partial charge in [0.2, 0.25) is 5.91 Å². The molecule has 2 aliphatic rings. The smallest absolute Gasteiger partial charge is 0.368 e. The summed E-state index contributed by atoms with van der Waals surface area (Å²) in [5.74, 6) is 0.255. The molecule has 1 amide bonds. The molecule has 2 aromatic rings. The zero-order valence-electron chi connectivity index (χ0n) is 14.9. The number of halogens is 4. The van der Waals surface area contributed by atoms with E-state index in [1.165, 1.54) is 6.20 Å². The second kappa shape index (κ2) is 7.39. The first-order valence-electron chi connectivity index (χ1n) is 9.14. The maximum atomic E-state index is 12.9. The van der Waals surface area contributed by atoms with Crippen molar-refractivity contribution in [3.8, 4) is 0 Å². The van der Waals surface area contributed by atoms with Gasteiger partial charge in [-0.25, -0.2) is 0 Å². The summed E-state index contributed by atoms with van der Waals surface area (Å²) in [5.41, 5.74) is 0.838. The largest absolute Gasteiger partial charge is 0.417 e. The lowest BCUT2D eigenvalue weighted by Gasteiger charge is -2.20. The number of nitrogens with one attached hydrogen (secondary N) is 1. The number of alkyl halides is 3. The molecule has 148 valence electrons. The number of hydrogen-bond donors (Lipinski definition) is 1. The number of pyridine rings is 1. The highest BCUT2D eigenvalue weighted by atomic mass is 79.9. The summed E-state index contributed by atoms with van der Waals surface area (Å²) in [4.78, 5) is 18.1. The van der Waals surface area contributed by atoms with E-state index in [2.05, 4.69) is 26.2 Å². The molecule has 1 saturated carbocycles. The minimum atomic E-state index is -4.41. The fourth-order valence-electron chi connectivity index (χ4n) is 3.74. The molecule has 1 aromatic heterocycles. The number of nitrogens with zero attached hydrogens (tertiary/aromatic N) is 2. The van der Waals surface area contributed by atoms with Crippen LogP contribution in [-0.2, 0) is 11.0 Å². The standard InChI is InChI=1S/C20H19BrF3N3O/c21-14-3-1-12(2-4-14)17-8-18(17)19(28)26-15-5-6-27(11-15)16-7-13(9-25-10-16)20(22,23)24/h1-4,7,9-10,15,17-18H,5-6,8,11H2,(H,26,28). The van der Waals surface area contributed by atoms with Crippen LogP contribution in [0.1, 0.15) is 29.9 Å².